The van der Waals surface area contributed by atoms with E-state index in [0.29, 0.717) is 0 Å². The van der Waals surface area contributed by atoms with E-state index in [4.69, 9.17) is 5.73 Å². The van der Waals surface area contributed by atoms with E-state index in [1.165, 1.54) is 22.7 Å². The van der Waals surface area contributed by atoms with Gasteiger partial charge in [0.2, 0.25) is 0 Å². The standard InChI is InChI=1S/C14H19N3S2/c1-4-11-5-7-12(8-6-11)13(15)9(2)18-14-16-10(3)17-19-14/h5-9,13H,4,15H2,1-3H3. The van der Waals surface area contributed by atoms with Crippen LogP contribution in [-0.2, 0) is 6.42 Å². The van der Waals surface area contributed by atoms with Crippen molar-refractivity contribution in [2.24, 2.45) is 5.73 Å². The number of hydrogen-bond acceptors (Lipinski definition) is 5. The van der Waals surface area contributed by atoms with Crippen LogP contribution in [0.2, 0.25) is 0 Å². The first-order valence-electron chi connectivity index (χ1n) is 6.41. The lowest BCUT2D eigenvalue weighted by Crippen LogP contribution is -2.21. The van der Waals surface area contributed by atoms with Crippen molar-refractivity contribution in [1.29, 1.82) is 0 Å². The molecule has 5 heteroatoms. The molecule has 1 aromatic carbocycles. The fraction of sp³-hybridized carbons (Fsp3) is 0.429. The summed E-state index contributed by atoms with van der Waals surface area (Å²) in [5.41, 5.74) is 8.84. The Kier molecular flexibility index (Phi) is 4.96. The van der Waals surface area contributed by atoms with Gasteiger partial charge < -0.3 is 5.73 Å². The number of thioether (sulfide) groups is 1. The molecule has 2 unspecified atom stereocenters. The number of rotatable bonds is 5. The van der Waals surface area contributed by atoms with Gasteiger partial charge in [0.25, 0.3) is 0 Å². The molecule has 1 aromatic heterocycles. The summed E-state index contributed by atoms with van der Waals surface area (Å²) >= 11 is 3.14. The average Bonchev–Trinajstić information content (AvgIpc) is 2.83. The second-order valence-corrected chi connectivity index (χ2v) is 6.93. The lowest BCUT2D eigenvalue weighted by Gasteiger charge is -2.18. The molecule has 102 valence electrons. The molecule has 0 saturated heterocycles. The molecule has 2 rings (SSSR count). The van der Waals surface area contributed by atoms with Gasteiger partial charge in [-0.1, -0.05) is 49.9 Å². The van der Waals surface area contributed by atoms with Crippen molar-refractivity contribution in [2.75, 3.05) is 0 Å². The minimum Gasteiger partial charge on any atom is -0.323 e. The fourth-order valence-corrected chi connectivity index (χ4v) is 3.77. The van der Waals surface area contributed by atoms with Crippen molar-refractivity contribution in [1.82, 2.24) is 9.36 Å². The number of aryl methyl sites for hydroxylation is 2. The van der Waals surface area contributed by atoms with Crippen LogP contribution in [-0.4, -0.2) is 14.6 Å². The molecule has 2 N–H and O–H groups in total. The number of benzene rings is 1. The molecule has 0 amide bonds. The van der Waals surface area contributed by atoms with Crippen molar-refractivity contribution >= 4 is 23.3 Å². The molecule has 0 saturated carbocycles. The normalized spacial score (nSPS) is 14.3. The Bertz CT molecular complexity index is 522. The molecular formula is C14H19N3S2. The molecule has 2 atom stereocenters. The third-order valence-electron chi connectivity index (χ3n) is 3.07. The van der Waals surface area contributed by atoms with Crippen LogP contribution in [0.5, 0.6) is 0 Å². The van der Waals surface area contributed by atoms with E-state index in [2.05, 4.69) is 47.5 Å². The van der Waals surface area contributed by atoms with Gasteiger partial charge >= 0.3 is 0 Å². The van der Waals surface area contributed by atoms with Gasteiger partial charge in [-0.2, -0.15) is 4.37 Å². The summed E-state index contributed by atoms with van der Waals surface area (Å²) in [7, 11) is 0. The van der Waals surface area contributed by atoms with Crippen LogP contribution < -0.4 is 5.73 Å². The van der Waals surface area contributed by atoms with Gasteiger partial charge in [-0.05, 0) is 36.0 Å². The van der Waals surface area contributed by atoms with Gasteiger partial charge in [0.05, 0.1) is 0 Å². The lowest BCUT2D eigenvalue weighted by molar-refractivity contribution is 0.714. The minimum absolute atomic E-state index is 0.0140. The van der Waals surface area contributed by atoms with E-state index < -0.39 is 0 Å². The summed E-state index contributed by atoms with van der Waals surface area (Å²) < 4.78 is 5.18. The molecule has 1 heterocycles. The van der Waals surface area contributed by atoms with Crippen LogP contribution in [0.25, 0.3) is 0 Å². The summed E-state index contributed by atoms with van der Waals surface area (Å²) in [5.74, 6) is 0.834. The molecule has 19 heavy (non-hydrogen) atoms. The molecule has 0 aliphatic heterocycles. The SMILES string of the molecule is CCc1ccc(C(N)C(C)Sc2nc(C)ns2)cc1. The Morgan fingerprint density at radius 3 is 2.53 bits per heavy atom. The fourth-order valence-electron chi connectivity index (χ4n) is 1.80. The zero-order valence-electron chi connectivity index (χ0n) is 11.5. The third-order valence-corrected chi connectivity index (χ3v) is 5.15. The summed E-state index contributed by atoms with van der Waals surface area (Å²) in [6.45, 7) is 6.21. The van der Waals surface area contributed by atoms with E-state index in [-0.39, 0.29) is 11.3 Å². The van der Waals surface area contributed by atoms with Crippen molar-refractivity contribution in [3.8, 4) is 0 Å². The Morgan fingerprint density at radius 1 is 1.32 bits per heavy atom. The molecule has 0 fully saturated rings. The van der Waals surface area contributed by atoms with Crippen LogP contribution >= 0.6 is 23.3 Å². The predicted octanol–water partition coefficient (Wildman–Crippen LogP) is 3.59. The Hall–Kier alpha value is -0.910. The van der Waals surface area contributed by atoms with Crippen LogP contribution in [0, 0.1) is 6.92 Å². The maximum Gasteiger partial charge on any atom is 0.170 e. The van der Waals surface area contributed by atoms with Crippen molar-refractivity contribution in [2.45, 2.75) is 42.8 Å². The average molecular weight is 293 g/mol. The van der Waals surface area contributed by atoms with Crippen LogP contribution in [0.3, 0.4) is 0 Å². The number of aromatic nitrogens is 2. The third kappa shape index (κ3) is 3.78. The van der Waals surface area contributed by atoms with Gasteiger partial charge in [0, 0.05) is 11.3 Å². The first-order valence-corrected chi connectivity index (χ1v) is 8.07. The van der Waals surface area contributed by atoms with Crippen molar-refractivity contribution in [3.63, 3.8) is 0 Å². The highest BCUT2D eigenvalue weighted by Gasteiger charge is 2.17. The van der Waals surface area contributed by atoms with Crippen molar-refractivity contribution < 1.29 is 0 Å². The number of hydrogen-bond donors (Lipinski definition) is 1. The Balaban J connectivity index is 2.03. The van der Waals surface area contributed by atoms with Gasteiger partial charge in [0.15, 0.2) is 4.34 Å². The van der Waals surface area contributed by atoms with E-state index in [0.717, 1.165) is 16.6 Å². The molecule has 0 bridgehead atoms. The van der Waals surface area contributed by atoms with Crippen LogP contribution in [0.15, 0.2) is 28.6 Å². The molecule has 0 aliphatic rings. The predicted molar refractivity (Wildman–Crippen MR) is 82.7 cm³/mol. The second kappa shape index (κ2) is 6.50. The summed E-state index contributed by atoms with van der Waals surface area (Å²) in [5, 5.41) is 0.278. The number of nitrogens with two attached hydrogens (primary N) is 1. The highest BCUT2D eigenvalue weighted by Crippen LogP contribution is 2.31. The van der Waals surface area contributed by atoms with Crippen molar-refractivity contribution in [3.05, 3.63) is 41.2 Å². The summed E-state index contributed by atoms with van der Waals surface area (Å²) in [6, 6.07) is 8.58. The first kappa shape index (κ1) is 14.5. The van der Waals surface area contributed by atoms with Gasteiger partial charge in [0.1, 0.15) is 5.82 Å². The smallest absolute Gasteiger partial charge is 0.170 e. The Labute approximate surface area is 122 Å². The van der Waals surface area contributed by atoms with Gasteiger partial charge in [-0.25, -0.2) is 4.98 Å². The van der Waals surface area contributed by atoms with E-state index >= 15 is 0 Å². The maximum atomic E-state index is 6.32. The molecule has 2 aromatic rings. The first-order chi connectivity index (χ1) is 9.10. The molecule has 0 radical (unpaired) electrons. The minimum atomic E-state index is 0.0140. The molecule has 0 spiro atoms. The Morgan fingerprint density at radius 2 is 2.00 bits per heavy atom. The van der Waals surface area contributed by atoms with Gasteiger partial charge in [-0.3, -0.25) is 0 Å². The maximum absolute atomic E-state index is 6.32. The lowest BCUT2D eigenvalue weighted by atomic mass is 10.0. The molecular weight excluding hydrogens is 274 g/mol. The summed E-state index contributed by atoms with van der Waals surface area (Å²) in [4.78, 5) is 4.37. The summed E-state index contributed by atoms with van der Waals surface area (Å²) in [6.07, 6.45) is 1.06. The van der Waals surface area contributed by atoms with Crippen LogP contribution in [0.1, 0.15) is 36.8 Å². The zero-order chi connectivity index (χ0) is 13.8. The second-order valence-electron chi connectivity index (χ2n) is 4.55. The largest absolute Gasteiger partial charge is 0.323 e. The van der Waals surface area contributed by atoms with E-state index in [9.17, 15) is 0 Å². The van der Waals surface area contributed by atoms with E-state index in [1.807, 2.05) is 6.92 Å². The van der Waals surface area contributed by atoms with Gasteiger partial charge in [-0.15, -0.1) is 0 Å². The number of nitrogens with zero attached hydrogens (tertiary/aromatic N) is 2. The topological polar surface area (TPSA) is 51.8 Å². The van der Waals surface area contributed by atoms with E-state index in [1.54, 1.807) is 11.8 Å². The quantitative estimate of drug-likeness (QED) is 0.856. The molecule has 3 nitrogen and oxygen atoms in total. The highest BCUT2D eigenvalue weighted by atomic mass is 32.2. The zero-order valence-corrected chi connectivity index (χ0v) is 13.1. The monoisotopic (exact) mass is 293 g/mol. The van der Waals surface area contributed by atoms with Crippen LogP contribution in [0.4, 0.5) is 0 Å². The highest BCUT2D eigenvalue weighted by molar-refractivity contribution is 8.01. The molecule has 0 aliphatic carbocycles.